The number of halogens is 3. The highest BCUT2D eigenvalue weighted by molar-refractivity contribution is 5.93. The maximum absolute atomic E-state index is 12.4. The summed E-state index contributed by atoms with van der Waals surface area (Å²) in [6.45, 7) is 2.24. The van der Waals surface area contributed by atoms with Gasteiger partial charge in [-0.25, -0.2) is 4.99 Å². The summed E-state index contributed by atoms with van der Waals surface area (Å²) in [6, 6.07) is 5.68. The number of ether oxygens (including phenoxy) is 1. The summed E-state index contributed by atoms with van der Waals surface area (Å²) >= 11 is 0. The summed E-state index contributed by atoms with van der Waals surface area (Å²) in [5.74, 6) is -0.306. The topological polar surface area (TPSA) is 62.9 Å². The lowest BCUT2D eigenvalue weighted by Crippen LogP contribution is -2.26. The van der Waals surface area contributed by atoms with Crippen molar-refractivity contribution in [3.63, 3.8) is 0 Å². The lowest BCUT2D eigenvalue weighted by molar-refractivity contribution is -0.274. The van der Waals surface area contributed by atoms with Crippen molar-refractivity contribution in [2.75, 3.05) is 32.0 Å². The molecule has 1 heterocycles. The van der Waals surface area contributed by atoms with Gasteiger partial charge in [-0.3, -0.25) is 0 Å². The normalized spacial score (nSPS) is 16.9. The van der Waals surface area contributed by atoms with Crippen LogP contribution in [0.1, 0.15) is 6.42 Å². The molecular weight excluding hydrogens is 309 g/mol. The molecule has 0 aliphatic carbocycles. The van der Waals surface area contributed by atoms with E-state index in [4.69, 9.17) is 5.73 Å². The molecule has 1 aliphatic heterocycles. The summed E-state index contributed by atoms with van der Waals surface area (Å²) in [7, 11) is 2.03. The highest BCUT2D eigenvalue weighted by atomic mass is 19.4. The van der Waals surface area contributed by atoms with Crippen molar-refractivity contribution in [1.82, 2.24) is 4.90 Å². The van der Waals surface area contributed by atoms with Gasteiger partial charge in [-0.2, -0.15) is 0 Å². The van der Waals surface area contributed by atoms with Crippen molar-refractivity contribution in [2.24, 2.45) is 10.7 Å². The molecule has 23 heavy (non-hydrogen) atoms. The predicted molar refractivity (Wildman–Crippen MR) is 83.4 cm³/mol. The molecule has 0 bridgehead atoms. The van der Waals surface area contributed by atoms with E-state index in [9.17, 15) is 13.2 Å². The first-order valence-electron chi connectivity index (χ1n) is 7.11. The minimum atomic E-state index is -4.76. The van der Waals surface area contributed by atoms with Gasteiger partial charge in [0.05, 0.1) is 12.2 Å². The molecule has 3 N–H and O–H groups in total. The Morgan fingerprint density at radius 3 is 2.78 bits per heavy atom. The lowest BCUT2D eigenvalue weighted by Gasteiger charge is -2.21. The molecule has 0 spiro atoms. The molecule has 0 saturated carbocycles. The Kier molecular flexibility index (Phi) is 5.49. The van der Waals surface area contributed by atoms with Gasteiger partial charge in [-0.05, 0) is 25.6 Å². The van der Waals surface area contributed by atoms with Crippen molar-refractivity contribution >= 4 is 11.6 Å². The van der Waals surface area contributed by atoms with Gasteiger partial charge in [0.2, 0.25) is 0 Å². The average molecular weight is 328 g/mol. The molecule has 0 saturated heterocycles. The maximum Gasteiger partial charge on any atom is 0.573 e. The molecule has 0 radical (unpaired) electrons. The fourth-order valence-electron chi connectivity index (χ4n) is 2.10. The first kappa shape index (κ1) is 17.1. The molecular formula is C15H19F3N4O. The lowest BCUT2D eigenvalue weighted by atomic mass is 10.1. The van der Waals surface area contributed by atoms with Gasteiger partial charge in [0.15, 0.2) is 11.7 Å². The number of anilines is 1. The van der Waals surface area contributed by atoms with E-state index in [2.05, 4.69) is 26.0 Å². The van der Waals surface area contributed by atoms with Crippen LogP contribution in [0.3, 0.4) is 0 Å². The summed E-state index contributed by atoms with van der Waals surface area (Å²) in [4.78, 5) is 6.35. The van der Waals surface area contributed by atoms with Gasteiger partial charge in [-0.1, -0.05) is 23.8 Å². The molecule has 2 rings (SSSR count). The second-order valence-electron chi connectivity index (χ2n) is 5.25. The molecule has 126 valence electrons. The third-order valence-corrected chi connectivity index (χ3v) is 3.33. The van der Waals surface area contributed by atoms with Gasteiger partial charge in [0.1, 0.15) is 0 Å². The van der Waals surface area contributed by atoms with E-state index >= 15 is 0 Å². The number of rotatable bonds is 4. The van der Waals surface area contributed by atoms with Gasteiger partial charge in [0.25, 0.3) is 0 Å². The van der Waals surface area contributed by atoms with Crippen LogP contribution in [-0.2, 0) is 0 Å². The van der Waals surface area contributed by atoms with E-state index < -0.39 is 6.36 Å². The van der Waals surface area contributed by atoms with Crippen molar-refractivity contribution in [2.45, 2.75) is 12.8 Å². The summed E-state index contributed by atoms with van der Waals surface area (Å²) in [6.07, 6.45) is -1.77. The second kappa shape index (κ2) is 7.36. The van der Waals surface area contributed by atoms with Crippen LogP contribution >= 0.6 is 0 Å². The summed E-state index contributed by atoms with van der Waals surface area (Å²) < 4.78 is 41.0. The molecule has 0 amide bonds. The number of nitrogens with two attached hydrogens (primary N) is 1. The Morgan fingerprint density at radius 2 is 2.13 bits per heavy atom. The van der Waals surface area contributed by atoms with E-state index in [1.165, 1.54) is 18.2 Å². The second-order valence-corrected chi connectivity index (χ2v) is 5.25. The summed E-state index contributed by atoms with van der Waals surface area (Å²) in [5.41, 5.74) is 7.02. The molecule has 0 atom stereocenters. The fraction of sp³-hybridized carbons (Fsp3) is 0.400. The molecule has 0 unspecified atom stereocenters. The van der Waals surface area contributed by atoms with Crippen LogP contribution in [0.4, 0.5) is 18.9 Å². The number of hydrogen-bond acceptors (Lipinski definition) is 3. The Balaban J connectivity index is 2.00. The van der Waals surface area contributed by atoms with Gasteiger partial charge < -0.3 is 20.7 Å². The van der Waals surface area contributed by atoms with Gasteiger partial charge in [0, 0.05) is 13.1 Å². The third kappa shape index (κ3) is 5.82. The van der Waals surface area contributed by atoms with Crippen molar-refractivity contribution in [3.8, 4) is 5.75 Å². The SMILES string of the molecule is CN1CC=C(CN=C(N)Nc2ccccc2OC(F)(F)F)CC1. The minimum absolute atomic E-state index is 0.0445. The largest absolute Gasteiger partial charge is 0.573 e. The molecule has 1 aromatic rings. The molecule has 8 heteroatoms. The number of nitrogens with one attached hydrogen (secondary N) is 1. The Morgan fingerprint density at radius 1 is 1.39 bits per heavy atom. The summed E-state index contributed by atoms with van der Waals surface area (Å²) in [5, 5.41) is 2.65. The van der Waals surface area contributed by atoms with Crippen molar-refractivity contribution in [1.29, 1.82) is 0 Å². The monoisotopic (exact) mass is 328 g/mol. The number of para-hydroxylation sites is 2. The molecule has 0 aromatic heterocycles. The number of nitrogens with zero attached hydrogens (tertiary/aromatic N) is 2. The number of hydrogen-bond donors (Lipinski definition) is 2. The first-order chi connectivity index (χ1) is 10.8. The molecule has 0 fully saturated rings. The van der Waals surface area contributed by atoms with Crippen LogP contribution in [0.15, 0.2) is 40.9 Å². The van der Waals surface area contributed by atoms with Gasteiger partial charge >= 0.3 is 6.36 Å². The number of alkyl halides is 3. The zero-order valence-corrected chi connectivity index (χ0v) is 12.7. The van der Waals surface area contributed by atoms with E-state index in [0.29, 0.717) is 6.54 Å². The zero-order valence-electron chi connectivity index (χ0n) is 12.7. The zero-order chi connectivity index (χ0) is 16.9. The smallest absolute Gasteiger partial charge is 0.404 e. The molecule has 1 aromatic carbocycles. The van der Waals surface area contributed by atoms with Crippen LogP contribution in [0.2, 0.25) is 0 Å². The fourth-order valence-corrected chi connectivity index (χ4v) is 2.10. The van der Waals surface area contributed by atoms with Crippen molar-refractivity contribution in [3.05, 3.63) is 35.9 Å². The Labute approximate surface area is 132 Å². The maximum atomic E-state index is 12.4. The van der Waals surface area contributed by atoms with Gasteiger partial charge in [-0.15, -0.1) is 13.2 Å². The van der Waals surface area contributed by atoms with Crippen LogP contribution in [-0.4, -0.2) is 43.9 Å². The third-order valence-electron chi connectivity index (χ3n) is 3.33. The van der Waals surface area contributed by atoms with Crippen LogP contribution < -0.4 is 15.8 Å². The first-order valence-corrected chi connectivity index (χ1v) is 7.11. The highest BCUT2D eigenvalue weighted by Crippen LogP contribution is 2.29. The number of likely N-dealkylation sites (N-methyl/N-ethyl adjacent to an activating group) is 1. The van der Waals surface area contributed by atoms with E-state index in [-0.39, 0.29) is 17.4 Å². The van der Waals surface area contributed by atoms with Crippen LogP contribution in [0, 0.1) is 0 Å². The van der Waals surface area contributed by atoms with Crippen LogP contribution in [0.5, 0.6) is 5.75 Å². The van der Waals surface area contributed by atoms with E-state index in [0.717, 1.165) is 25.1 Å². The highest BCUT2D eigenvalue weighted by Gasteiger charge is 2.32. The predicted octanol–water partition coefficient (Wildman–Crippen LogP) is 2.57. The number of aliphatic imine (C=N–C) groups is 1. The van der Waals surface area contributed by atoms with Crippen molar-refractivity contribution < 1.29 is 17.9 Å². The number of benzene rings is 1. The Hall–Kier alpha value is -2.22. The Bertz CT molecular complexity index is 599. The van der Waals surface area contributed by atoms with Crippen LogP contribution in [0.25, 0.3) is 0 Å². The average Bonchev–Trinajstić information content (AvgIpc) is 2.47. The molecule has 1 aliphatic rings. The van der Waals surface area contributed by atoms with E-state index in [1.54, 1.807) is 6.07 Å². The quantitative estimate of drug-likeness (QED) is 0.507. The van der Waals surface area contributed by atoms with E-state index in [1.807, 2.05) is 7.05 Å². The standard InChI is InChI=1S/C15H19F3N4O/c1-22-8-6-11(7-9-22)10-20-14(19)21-12-4-2-3-5-13(12)23-15(16,17)18/h2-6H,7-10H2,1H3,(H3,19,20,21). The minimum Gasteiger partial charge on any atom is -0.404 e. The molecule has 5 nitrogen and oxygen atoms in total. The number of guanidine groups is 1.